The van der Waals surface area contributed by atoms with Crippen LogP contribution >= 0.6 is 0 Å². The molecule has 0 amide bonds. The minimum absolute atomic E-state index is 0.0950. The molecule has 2 aliphatic heterocycles. The van der Waals surface area contributed by atoms with Crippen molar-refractivity contribution in [3.05, 3.63) is 64.0 Å². The highest BCUT2D eigenvalue weighted by Crippen LogP contribution is 2.52. The fourth-order valence-electron chi connectivity index (χ4n) is 5.33. The summed E-state index contributed by atoms with van der Waals surface area (Å²) in [5, 5.41) is 41.6. The maximum atomic E-state index is 11.7. The molecule has 36 heavy (non-hydrogen) atoms. The molecule has 1 unspecified atom stereocenters. The Morgan fingerprint density at radius 3 is 2.47 bits per heavy atom. The number of phenols is 2. The average molecular weight is 496 g/mol. The number of carbonyl (C=O) groups is 1. The molecule has 2 aliphatic rings. The van der Waals surface area contributed by atoms with E-state index in [4.69, 9.17) is 19.3 Å². The number of hydrogen-bond acceptors (Lipinski definition) is 8. The summed E-state index contributed by atoms with van der Waals surface area (Å²) in [5.41, 5.74) is 4.90. The van der Waals surface area contributed by atoms with Crippen molar-refractivity contribution in [1.29, 1.82) is 0 Å². The molecule has 0 spiro atoms. The molecule has 3 aromatic rings. The van der Waals surface area contributed by atoms with Crippen molar-refractivity contribution in [2.75, 3.05) is 6.61 Å². The molecule has 2 aromatic carbocycles. The SMILES string of the molecule is CCc1c(C)[nH]c([C@H]2c3c(O)cc(O)cc3O[C@H](c3ccc4c(c3)OC(CC(=O)CO)O4)[C@@H]2O)c1C. The fourth-order valence-corrected chi connectivity index (χ4v) is 5.33. The molecule has 9 nitrogen and oxygen atoms in total. The summed E-state index contributed by atoms with van der Waals surface area (Å²) in [6, 6.07) is 7.76. The molecule has 0 aliphatic carbocycles. The lowest BCUT2D eigenvalue weighted by Gasteiger charge is -2.37. The molecule has 5 N–H and O–H groups in total. The van der Waals surface area contributed by atoms with E-state index < -0.39 is 36.8 Å². The zero-order chi connectivity index (χ0) is 25.7. The quantitative estimate of drug-likeness (QED) is 0.351. The summed E-state index contributed by atoms with van der Waals surface area (Å²) in [7, 11) is 0. The Morgan fingerprint density at radius 2 is 1.78 bits per heavy atom. The van der Waals surface area contributed by atoms with Gasteiger partial charge in [0.25, 0.3) is 0 Å². The van der Waals surface area contributed by atoms with Crippen molar-refractivity contribution in [2.45, 2.75) is 58.0 Å². The van der Waals surface area contributed by atoms with E-state index in [1.807, 2.05) is 13.8 Å². The number of aromatic amines is 1. The number of aliphatic hydroxyl groups excluding tert-OH is 2. The van der Waals surface area contributed by atoms with Crippen LogP contribution in [0.1, 0.15) is 59.0 Å². The summed E-state index contributed by atoms with van der Waals surface area (Å²) in [4.78, 5) is 15.0. The van der Waals surface area contributed by atoms with Gasteiger partial charge in [0.1, 0.15) is 30.0 Å². The lowest BCUT2D eigenvalue weighted by molar-refractivity contribution is -0.125. The first kappa shape index (κ1) is 24.0. The van der Waals surface area contributed by atoms with Crippen LogP contribution in [0, 0.1) is 13.8 Å². The van der Waals surface area contributed by atoms with E-state index in [9.17, 15) is 20.1 Å². The number of ketones is 1. The average Bonchev–Trinajstić information content (AvgIpc) is 3.36. The van der Waals surface area contributed by atoms with Gasteiger partial charge in [0, 0.05) is 29.1 Å². The molecule has 190 valence electrons. The van der Waals surface area contributed by atoms with Gasteiger partial charge in [0.05, 0.1) is 12.3 Å². The fraction of sp³-hybridized carbons (Fsp3) is 0.370. The van der Waals surface area contributed by atoms with Crippen LogP contribution in [0.4, 0.5) is 0 Å². The van der Waals surface area contributed by atoms with Gasteiger partial charge in [-0.05, 0) is 49.1 Å². The predicted molar refractivity (Wildman–Crippen MR) is 129 cm³/mol. The third-order valence-corrected chi connectivity index (χ3v) is 7.00. The number of aromatic nitrogens is 1. The molecule has 0 bridgehead atoms. The zero-order valence-corrected chi connectivity index (χ0v) is 20.2. The summed E-state index contributed by atoms with van der Waals surface area (Å²) in [6.45, 7) is 5.44. The number of aliphatic hydroxyl groups is 2. The van der Waals surface area contributed by atoms with Crippen LogP contribution in [0.5, 0.6) is 28.7 Å². The molecular weight excluding hydrogens is 466 g/mol. The molecule has 0 saturated heterocycles. The number of fused-ring (bicyclic) bond motifs is 2. The number of benzene rings is 2. The Hall–Kier alpha value is -3.69. The topological polar surface area (TPSA) is 141 Å². The van der Waals surface area contributed by atoms with Gasteiger partial charge in [-0.15, -0.1) is 0 Å². The number of aromatic hydroxyl groups is 2. The third-order valence-electron chi connectivity index (χ3n) is 7.00. The minimum Gasteiger partial charge on any atom is -0.508 e. The number of ether oxygens (including phenoxy) is 3. The monoisotopic (exact) mass is 495 g/mol. The Balaban J connectivity index is 1.55. The zero-order valence-electron chi connectivity index (χ0n) is 20.2. The van der Waals surface area contributed by atoms with E-state index >= 15 is 0 Å². The summed E-state index contributed by atoms with van der Waals surface area (Å²) >= 11 is 0. The Kier molecular flexibility index (Phi) is 6.05. The molecule has 5 rings (SSSR count). The summed E-state index contributed by atoms with van der Waals surface area (Å²) < 4.78 is 17.5. The summed E-state index contributed by atoms with van der Waals surface area (Å²) in [5.74, 6) is -0.285. The van der Waals surface area contributed by atoms with Gasteiger partial charge < -0.3 is 39.6 Å². The van der Waals surface area contributed by atoms with E-state index in [1.54, 1.807) is 18.2 Å². The predicted octanol–water partition coefficient (Wildman–Crippen LogP) is 3.28. The van der Waals surface area contributed by atoms with Gasteiger partial charge in [-0.25, -0.2) is 0 Å². The molecule has 4 atom stereocenters. The number of nitrogens with one attached hydrogen (secondary N) is 1. The maximum Gasteiger partial charge on any atom is 0.248 e. The molecular formula is C27H29NO8. The first-order valence-electron chi connectivity index (χ1n) is 11.9. The van der Waals surface area contributed by atoms with Crippen LogP contribution in [0.2, 0.25) is 0 Å². The largest absolute Gasteiger partial charge is 0.508 e. The van der Waals surface area contributed by atoms with Crippen LogP contribution in [-0.4, -0.2) is 50.2 Å². The minimum atomic E-state index is -1.10. The Morgan fingerprint density at radius 1 is 1.03 bits per heavy atom. The molecule has 0 radical (unpaired) electrons. The normalized spacial score (nSPS) is 22.2. The van der Waals surface area contributed by atoms with E-state index in [1.165, 1.54) is 12.1 Å². The van der Waals surface area contributed by atoms with Crippen LogP contribution in [0.25, 0.3) is 0 Å². The smallest absolute Gasteiger partial charge is 0.248 e. The molecule has 1 aromatic heterocycles. The van der Waals surface area contributed by atoms with Crippen molar-refractivity contribution in [3.8, 4) is 28.7 Å². The second-order valence-corrected chi connectivity index (χ2v) is 9.28. The number of H-pyrrole nitrogens is 1. The summed E-state index contributed by atoms with van der Waals surface area (Å²) in [6.07, 6.45) is -2.08. The van der Waals surface area contributed by atoms with Gasteiger partial charge in [-0.1, -0.05) is 13.0 Å². The number of aryl methyl sites for hydroxylation is 1. The lowest BCUT2D eigenvalue weighted by Crippen LogP contribution is -2.35. The van der Waals surface area contributed by atoms with Crippen LogP contribution in [0.3, 0.4) is 0 Å². The van der Waals surface area contributed by atoms with Crippen LogP contribution < -0.4 is 14.2 Å². The van der Waals surface area contributed by atoms with Gasteiger partial charge in [-0.3, -0.25) is 4.79 Å². The van der Waals surface area contributed by atoms with E-state index in [0.29, 0.717) is 22.6 Å². The Bertz CT molecular complexity index is 1330. The first-order valence-corrected chi connectivity index (χ1v) is 11.9. The number of rotatable bonds is 6. The van der Waals surface area contributed by atoms with Gasteiger partial charge in [-0.2, -0.15) is 0 Å². The van der Waals surface area contributed by atoms with E-state index in [0.717, 1.165) is 28.9 Å². The third kappa shape index (κ3) is 3.94. The highest BCUT2D eigenvalue weighted by molar-refractivity contribution is 5.79. The van der Waals surface area contributed by atoms with Crippen molar-refractivity contribution < 1.29 is 39.4 Å². The van der Waals surface area contributed by atoms with E-state index in [2.05, 4.69) is 11.9 Å². The second-order valence-electron chi connectivity index (χ2n) is 9.28. The van der Waals surface area contributed by atoms with Gasteiger partial charge in [0.15, 0.2) is 23.4 Å². The van der Waals surface area contributed by atoms with Gasteiger partial charge >= 0.3 is 0 Å². The molecule has 0 fully saturated rings. The first-order chi connectivity index (χ1) is 17.2. The second kappa shape index (κ2) is 9.07. The number of Topliss-reactive ketones (excluding diaryl/α,β-unsaturated/α-hetero) is 1. The van der Waals surface area contributed by atoms with Crippen LogP contribution in [-0.2, 0) is 11.2 Å². The van der Waals surface area contributed by atoms with Crippen molar-refractivity contribution in [3.63, 3.8) is 0 Å². The number of hydrogen-bond donors (Lipinski definition) is 5. The van der Waals surface area contributed by atoms with E-state index in [-0.39, 0.29) is 23.7 Å². The van der Waals surface area contributed by atoms with Crippen molar-refractivity contribution in [2.24, 2.45) is 0 Å². The standard InChI is InChI=1S/C27H29NO8/c1-4-17-12(2)25(28-13(17)3)24-23-18(32)8-15(30)9-21(23)36-27(26(24)33)14-5-6-19-20(7-14)35-22(34-19)10-16(31)11-29/h5-9,22,24,26-30,32-33H,4,10-11H2,1-3H3/t22?,24-,26-,27-/m1/s1. The lowest BCUT2D eigenvalue weighted by atomic mass is 9.80. The van der Waals surface area contributed by atoms with Crippen LogP contribution in [0.15, 0.2) is 30.3 Å². The highest BCUT2D eigenvalue weighted by atomic mass is 16.7. The van der Waals surface area contributed by atoms with Gasteiger partial charge in [0.2, 0.25) is 6.29 Å². The molecule has 0 saturated carbocycles. The molecule has 9 heteroatoms. The Labute approximate surface area is 207 Å². The molecule has 3 heterocycles. The highest BCUT2D eigenvalue weighted by Gasteiger charge is 2.43. The van der Waals surface area contributed by atoms with Crippen molar-refractivity contribution in [1.82, 2.24) is 4.98 Å². The maximum absolute atomic E-state index is 11.7. The number of carbonyl (C=O) groups excluding carboxylic acids is 1. The number of phenolic OH excluding ortho intramolecular Hbond substituents is 2. The van der Waals surface area contributed by atoms with Crippen molar-refractivity contribution >= 4 is 5.78 Å².